The second kappa shape index (κ2) is 5.52. The van der Waals surface area contributed by atoms with Crippen LogP contribution < -0.4 is 15.2 Å². The molecule has 0 bridgehead atoms. The van der Waals surface area contributed by atoms with Crippen LogP contribution in [0.2, 0.25) is 0 Å². The second-order valence-corrected chi connectivity index (χ2v) is 5.97. The van der Waals surface area contributed by atoms with Gasteiger partial charge in [-0.05, 0) is 32.0 Å². The van der Waals surface area contributed by atoms with E-state index in [9.17, 15) is 8.42 Å². The molecular formula is C12H15N5O3S. The Morgan fingerprint density at radius 2 is 1.90 bits per heavy atom. The minimum absolute atomic E-state index is 0.0909. The SMILES string of the molecule is COc1ccc(N)cc1S(=O)(=O)Nc1nnc(C)c(C)n1. The molecule has 0 fully saturated rings. The molecule has 0 amide bonds. The number of rotatable bonds is 4. The maximum absolute atomic E-state index is 12.4. The Labute approximate surface area is 122 Å². The number of aromatic nitrogens is 3. The van der Waals surface area contributed by atoms with Gasteiger partial charge in [-0.1, -0.05) is 0 Å². The molecule has 0 aliphatic heterocycles. The first-order valence-corrected chi connectivity index (χ1v) is 7.46. The van der Waals surface area contributed by atoms with E-state index >= 15 is 0 Å². The van der Waals surface area contributed by atoms with Crippen LogP contribution in [0.4, 0.5) is 11.6 Å². The van der Waals surface area contributed by atoms with Gasteiger partial charge in [0, 0.05) is 5.69 Å². The normalized spacial score (nSPS) is 11.2. The number of methoxy groups -OCH3 is 1. The molecule has 21 heavy (non-hydrogen) atoms. The van der Waals surface area contributed by atoms with Crippen molar-refractivity contribution in [1.29, 1.82) is 0 Å². The zero-order valence-electron chi connectivity index (χ0n) is 11.8. The highest BCUT2D eigenvalue weighted by molar-refractivity contribution is 7.92. The van der Waals surface area contributed by atoms with Crippen LogP contribution in [0.15, 0.2) is 23.1 Å². The summed E-state index contributed by atoms with van der Waals surface area (Å²) in [6.07, 6.45) is 0. The third-order valence-corrected chi connectivity index (χ3v) is 4.14. The van der Waals surface area contributed by atoms with Gasteiger partial charge in [0.2, 0.25) is 0 Å². The van der Waals surface area contributed by atoms with Crippen molar-refractivity contribution < 1.29 is 13.2 Å². The van der Waals surface area contributed by atoms with Crippen LogP contribution in [0.1, 0.15) is 11.4 Å². The third kappa shape index (κ3) is 3.19. The van der Waals surface area contributed by atoms with Crippen molar-refractivity contribution in [3.8, 4) is 5.75 Å². The molecule has 0 aliphatic carbocycles. The summed E-state index contributed by atoms with van der Waals surface area (Å²) < 4.78 is 32.0. The van der Waals surface area contributed by atoms with Crippen molar-refractivity contribution in [1.82, 2.24) is 15.2 Å². The Kier molecular flexibility index (Phi) is 3.94. The summed E-state index contributed by atoms with van der Waals surface area (Å²) in [6.45, 7) is 3.44. The molecular weight excluding hydrogens is 294 g/mol. The van der Waals surface area contributed by atoms with E-state index in [2.05, 4.69) is 19.9 Å². The summed E-state index contributed by atoms with van der Waals surface area (Å²) in [7, 11) is -2.55. The highest BCUT2D eigenvalue weighted by Crippen LogP contribution is 2.27. The minimum atomic E-state index is -3.93. The fourth-order valence-electron chi connectivity index (χ4n) is 1.58. The first-order chi connectivity index (χ1) is 9.83. The number of aryl methyl sites for hydroxylation is 2. The average molecular weight is 309 g/mol. The molecule has 1 aromatic carbocycles. The van der Waals surface area contributed by atoms with E-state index in [1.165, 1.54) is 19.2 Å². The molecule has 0 unspecified atom stereocenters. The molecule has 2 aromatic rings. The molecule has 0 spiro atoms. The fourth-order valence-corrected chi connectivity index (χ4v) is 2.72. The van der Waals surface area contributed by atoms with Gasteiger partial charge in [0.1, 0.15) is 10.6 Å². The number of benzene rings is 1. The Morgan fingerprint density at radius 3 is 2.52 bits per heavy atom. The largest absolute Gasteiger partial charge is 0.495 e. The average Bonchev–Trinajstić information content (AvgIpc) is 2.42. The second-order valence-electron chi connectivity index (χ2n) is 4.32. The summed E-state index contributed by atoms with van der Waals surface area (Å²) in [4.78, 5) is 3.93. The summed E-state index contributed by atoms with van der Waals surface area (Å²) in [5, 5.41) is 7.53. The van der Waals surface area contributed by atoms with E-state index in [1.54, 1.807) is 19.9 Å². The molecule has 0 aliphatic rings. The number of sulfonamides is 1. The van der Waals surface area contributed by atoms with E-state index in [-0.39, 0.29) is 16.6 Å². The molecule has 0 saturated carbocycles. The van der Waals surface area contributed by atoms with Crippen LogP contribution in [0.3, 0.4) is 0 Å². The summed E-state index contributed by atoms with van der Waals surface area (Å²) in [5.74, 6) is 0.0658. The number of nitrogen functional groups attached to an aromatic ring is 1. The van der Waals surface area contributed by atoms with Crippen LogP contribution in [-0.2, 0) is 10.0 Å². The van der Waals surface area contributed by atoms with Crippen molar-refractivity contribution in [2.45, 2.75) is 18.7 Å². The zero-order chi connectivity index (χ0) is 15.6. The van der Waals surface area contributed by atoms with Gasteiger partial charge < -0.3 is 10.5 Å². The van der Waals surface area contributed by atoms with Crippen molar-refractivity contribution in [2.24, 2.45) is 0 Å². The number of hydrogen-bond donors (Lipinski definition) is 2. The Morgan fingerprint density at radius 1 is 1.19 bits per heavy atom. The number of nitrogens with one attached hydrogen (secondary N) is 1. The van der Waals surface area contributed by atoms with Crippen molar-refractivity contribution in [3.63, 3.8) is 0 Å². The predicted molar refractivity (Wildman–Crippen MR) is 77.5 cm³/mol. The number of nitrogens with two attached hydrogens (primary N) is 1. The monoisotopic (exact) mass is 309 g/mol. The Balaban J connectivity index is 2.42. The van der Waals surface area contributed by atoms with Crippen molar-refractivity contribution in [3.05, 3.63) is 29.6 Å². The van der Waals surface area contributed by atoms with Gasteiger partial charge in [-0.2, -0.15) is 5.10 Å². The molecule has 112 valence electrons. The van der Waals surface area contributed by atoms with Crippen molar-refractivity contribution >= 4 is 21.7 Å². The number of anilines is 2. The van der Waals surface area contributed by atoms with Gasteiger partial charge in [-0.15, -0.1) is 5.10 Å². The lowest BCUT2D eigenvalue weighted by Gasteiger charge is -2.11. The van der Waals surface area contributed by atoms with E-state index in [0.29, 0.717) is 17.1 Å². The van der Waals surface area contributed by atoms with Gasteiger partial charge in [-0.25, -0.2) is 18.1 Å². The Hall–Kier alpha value is -2.42. The van der Waals surface area contributed by atoms with Crippen LogP contribution >= 0.6 is 0 Å². The molecule has 2 rings (SSSR count). The molecule has 0 atom stereocenters. The molecule has 1 heterocycles. The maximum Gasteiger partial charge on any atom is 0.268 e. The predicted octanol–water partition coefficient (Wildman–Crippen LogP) is 0.880. The Bertz CT molecular complexity index is 776. The topological polar surface area (TPSA) is 120 Å². The fraction of sp³-hybridized carbons (Fsp3) is 0.250. The highest BCUT2D eigenvalue weighted by atomic mass is 32.2. The summed E-state index contributed by atoms with van der Waals surface area (Å²) >= 11 is 0. The number of ether oxygens (including phenoxy) is 1. The minimum Gasteiger partial charge on any atom is -0.495 e. The van der Waals surface area contributed by atoms with Crippen LogP contribution in [0.25, 0.3) is 0 Å². The third-order valence-electron chi connectivity index (χ3n) is 2.79. The van der Waals surface area contributed by atoms with Gasteiger partial charge in [0.15, 0.2) is 0 Å². The lowest BCUT2D eigenvalue weighted by atomic mass is 10.3. The van der Waals surface area contributed by atoms with Gasteiger partial charge in [-0.3, -0.25) is 0 Å². The van der Waals surface area contributed by atoms with E-state index in [0.717, 1.165) is 0 Å². The summed E-state index contributed by atoms with van der Waals surface area (Å²) in [6, 6.07) is 4.32. The van der Waals surface area contributed by atoms with Gasteiger partial charge in [0.25, 0.3) is 16.0 Å². The lowest BCUT2D eigenvalue weighted by Crippen LogP contribution is -2.17. The molecule has 8 nitrogen and oxygen atoms in total. The first kappa shape index (κ1) is 15.0. The highest BCUT2D eigenvalue weighted by Gasteiger charge is 2.21. The lowest BCUT2D eigenvalue weighted by molar-refractivity contribution is 0.403. The maximum atomic E-state index is 12.4. The van der Waals surface area contributed by atoms with Crippen LogP contribution in [-0.4, -0.2) is 30.7 Å². The number of hydrogen-bond acceptors (Lipinski definition) is 7. The van der Waals surface area contributed by atoms with Crippen LogP contribution in [0, 0.1) is 13.8 Å². The zero-order valence-corrected chi connectivity index (χ0v) is 12.6. The van der Waals surface area contributed by atoms with E-state index in [4.69, 9.17) is 10.5 Å². The molecule has 0 saturated heterocycles. The molecule has 9 heteroatoms. The molecule has 0 radical (unpaired) electrons. The standard InChI is InChI=1S/C12H15N5O3S/c1-7-8(2)15-16-12(14-7)17-21(18,19)11-6-9(13)4-5-10(11)20-3/h4-6H,13H2,1-3H3,(H,14,16,17). The van der Waals surface area contributed by atoms with E-state index in [1.807, 2.05) is 0 Å². The van der Waals surface area contributed by atoms with Gasteiger partial charge in [0.05, 0.1) is 18.5 Å². The molecule has 3 N–H and O–H groups in total. The van der Waals surface area contributed by atoms with E-state index < -0.39 is 10.0 Å². The molecule has 1 aromatic heterocycles. The van der Waals surface area contributed by atoms with Crippen LogP contribution in [0.5, 0.6) is 5.75 Å². The summed E-state index contributed by atoms with van der Waals surface area (Å²) in [5.41, 5.74) is 7.14. The quantitative estimate of drug-likeness (QED) is 0.804. The first-order valence-electron chi connectivity index (χ1n) is 5.98. The number of nitrogens with zero attached hydrogens (tertiary/aromatic N) is 3. The van der Waals surface area contributed by atoms with Gasteiger partial charge >= 0.3 is 0 Å². The van der Waals surface area contributed by atoms with Crippen molar-refractivity contribution in [2.75, 3.05) is 17.6 Å². The smallest absolute Gasteiger partial charge is 0.268 e.